The van der Waals surface area contributed by atoms with Crippen molar-refractivity contribution < 1.29 is 27.8 Å². The van der Waals surface area contributed by atoms with E-state index in [2.05, 4.69) is 5.32 Å². The molecule has 1 rings (SSSR count). The molecule has 0 aliphatic heterocycles. The molecule has 0 radical (unpaired) electrons. The number of hydrogen-bond acceptors (Lipinski definition) is 3. The normalized spacial score (nSPS) is 11.4. The van der Waals surface area contributed by atoms with E-state index in [0.29, 0.717) is 0 Å². The maximum Gasteiger partial charge on any atom is 0.416 e. The average Bonchev–Trinajstić information content (AvgIpc) is 2.37. The molecule has 0 aliphatic carbocycles. The number of alkyl halides is 3. The monoisotopic (exact) mass is 277 g/mol. The fourth-order valence-electron chi connectivity index (χ4n) is 1.32. The largest absolute Gasteiger partial charge is 0.416 e. The van der Waals surface area contributed by atoms with E-state index in [0.717, 1.165) is 24.3 Å². The molecule has 0 heterocycles. The van der Waals surface area contributed by atoms with Crippen molar-refractivity contribution in [1.82, 2.24) is 5.32 Å². The number of halogens is 3. The average molecular weight is 277 g/mol. The predicted octanol–water partition coefficient (Wildman–Crippen LogP) is 1.44. The number of hydrogen-bond donors (Lipinski definition) is 2. The van der Waals surface area contributed by atoms with Crippen LogP contribution in [0.25, 0.3) is 0 Å². The van der Waals surface area contributed by atoms with Crippen LogP contribution in [0.4, 0.5) is 13.2 Å². The van der Waals surface area contributed by atoms with Crippen molar-refractivity contribution in [2.24, 2.45) is 0 Å². The zero-order valence-electron chi connectivity index (χ0n) is 10.0. The molecule has 0 saturated carbocycles. The second kappa shape index (κ2) is 7.10. The smallest absolute Gasteiger partial charge is 0.394 e. The van der Waals surface area contributed by atoms with Gasteiger partial charge < -0.3 is 15.2 Å². The van der Waals surface area contributed by atoms with E-state index in [1.165, 1.54) is 0 Å². The molecule has 0 saturated heterocycles. The summed E-state index contributed by atoms with van der Waals surface area (Å²) in [4.78, 5) is 11.5. The third-order valence-electron chi connectivity index (χ3n) is 2.24. The lowest BCUT2D eigenvalue weighted by atomic mass is 10.1. The van der Waals surface area contributed by atoms with Gasteiger partial charge in [0.2, 0.25) is 0 Å². The second-order valence-electron chi connectivity index (χ2n) is 3.67. The molecule has 7 heteroatoms. The van der Waals surface area contributed by atoms with Crippen LogP contribution in [-0.4, -0.2) is 37.4 Å². The van der Waals surface area contributed by atoms with Gasteiger partial charge in [-0.1, -0.05) is 0 Å². The van der Waals surface area contributed by atoms with Gasteiger partial charge >= 0.3 is 6.18 Å². The van der Waals surface area contributed by atoms with E-state index in [1.54, 1.807) is 0 Å². The topological polar surface area (TPSA) is 58.6 Å². The van der Waals surface area contributed by atoms with Gasteiger partial charge in [-0.05, 0) is 24.3 Å². The molecular formula is C12H14F3NO3. The van der Waals surface area contributed by atoms with Crippen LogP contribution < -0.4 is 5.32 Å². The predicted molar refractivity (Wildman–Crippen MR) is 61.7 cm³/mol. The van der Waals surface area contributed by atoms with Gasteiger partial charge in [-0.15, -0.1) is 0 Å². The Morgan fingerprint density at radius 1 is 1.21 bits per heavy atom. The molecule has 1 amide bonds. The van der Waals surface area contributed by atoms with Gasteiger partial charge in [0, 0.05) is 12.1 Å². The van der Waals surface area contributed by atoms with Gasteiger partial charge in [0.05, 0.1) is 25.4 Å². The summed E-state index contributed by atoms with van der Waals surface area (Å²) in [7, 11) is 0. The van der Waals surface area contributed by atoms with E-state index in [-0.39, 0.29) is 31.9 Å². The van der Waals surface area contributed by atoms with Gasteiger partial charge in [0.1, 0.15) is 0 Å². The molecule has 106 valence electrons. The van der Waals surface area contributed by atoms with E-state index >= 15 is 0 Å². The maximum absolute atomic E-state index is 12.3. The van der Waals surface area contributed by atoms with Crippen LogP contribution >= 0.6 is 0 Å². The lowest BCUT2D eigenvalue weighted by Gasteiger charge is -2.08. The van der Waals surface area contributed by atoms with Crippen molar-refractivity contribution in [3.05, 3.63) is 35.4 Å². The Labute approximate surface area is 108 Å². The van der Waals surface area contributed by atoms with Crippen molar-refractivity contribution in [2.45, 2.75) is 6.18 Å². The number of rotatable bonds is 6. The molecule has 0 aliphatic rings. The SMILES string of the molecule is O=C(NCCOCCO)c1ccc(C(F)(F)F)cc1. The van der Waals surface area contributed by atoms with Crippen LogP contribution in [0.3, 0.4) is 0 Å². The van der Waals surface area contributed by atoms with Gasteiger partial charge in [0.25, 0.3) is 5.91 Å². The Hall–Kier alpha value is -1.60. The quantitative estimate of drug-likeness (QED) is 0.774. The zero-order valence-corrected chi connectivity index (χ0v) is 10.0. The number of aliphatic hydroxyl groups excluding tert-OH is 1. The molecule has 0 spiro atoms. The summed E-state index contributed by atoms with van der Waals surface area (Å²) < 4.78 is 41.8. The molecule has 1 aromatic carbocycles. The summed E-state index contributed by atoms with van der Waals surface area (Å²) in [6, 6.07) is 3.95. The minimum absolute atomic E-state index is 0.104. The third-order valence-corrected chi connectivity index (χ3v) is 2.24. The molecule has 1 aromatic rings. The summed E-state index contributed by atoms with van der Waals surface area (Å²) in [6.45, 7) is 0.524. The summed E-state index contributed by atoms with van der Waals surface area (Å²) >= 11 is 0. The second-order valence-corrected chi connectivity index (χ2v) is 3.67. The highest BCUT2D eigenvalue weighted by molar-refractivity contribution is 5.94. The van der Waals surface area contributed by atoms with E-state index < -0.39 is 17.6 Å². The Balaban J connectivity index is 2.45. The number of aliphatic hydroxyl groups is 1. The maximum atomic E-state index is 12.3. The van der Waals surface area contributed by atoms with Crippen LogP contribution in [0.2, 0.25) is 0 Å². The van der Waals surface area contributed by atoms with E-state index in [9.17, 15) is 18.0 Å². The lowest BCUT2D eigenvalue weighted by molar-refractivity contribution is -0.137. The molecule has 4 nitrogen and oxygen atoms in total. The Morgan fingerprint density at radius 3 is 2.37 bits per heavy atom. The third kappa shape index (κ3) is 5.27. The summed E-state index contributed by atoms with van der Waals surface area (Å²) in [5, 5.41) is 10.9. The van der Waals surface area contributed by atoms with Crippen LogP contribution in [0.15, 0.2) is 24.3 Å². The van der Waals surface area contributed by atoms with E-state index in [4.69, 9.17) is 9.84 Å². The standard InChI is InChI=1S/C12H14F3NO3/c13-12(14,15)10-3-1-9(2-4-10)11(18)16-5-7-19-8-6-17/h1-4,17H,5-8H2,(H,16,18). The summed E-state index contributed by atoms with van der Waals surface area (Å²) in [6.07, 6.45) is -4.41. The van der Waals surface area contributed by atoms with Crippen molar-refractivity contribution in [3.8, 4) is 0 Å². The highest BCUT2D eigenvalue weighted by atomic mass is 19.4. The molecular weight excluding hydrogens is 263 g/mol. The highest BCUT2D eigenvalue weighted by Gasteiger charge is 2.30. The summed E-state index contributed by atoms with van der Waals surface area (Å²) in [5.74, 6) is -0.471. The van der Waals surface area contributed by atoms with Crippen LogP contribution in [0.5, 0.6) is 0 Å². The minimum Gasteiger partial charge on any atom is -0.394 e. The first-order valence-electron chi connectivity index (χ1n) is 5.59. The Kier molecular flexibility index (Phi) is 5.78. The summed E-state index contributed by atoms with van der Waals surface area (Å²) in [5.41, 5.74) is -0.648. The minimum atomic E-state index is -4.41. The number of benzene rings is 1. The zero-order chi connectivity index (χ0) is 14.3. The Bertz CT molecular complexity index is 404. The number of nitrogens with one attached hydrogen (secondary N) is 1. The number of carbonyl (C=O) groups is 1. The molecule has 0 bridgehead atoms. The molecule has 0 unspecified atom stereocenters. The van der Waals surface area contributed by atoms with Crippen LogP contribution in [0.1, 0.15) is 15.9 Å². The first-order valence-corrected chi connectivity index (χ1v) is 5.59. The Morgan fingerprint density at radius 2 is 1.84 bits per heavy atom. The molecule has 0 aromatic heterocycles. The van der Waals surface area contributed by atoms with Crippen molar-refractivity contribution >= 4 is 5.91 Å². The van der Waals surface area contributed by atoms with Gasteiger partial charge in [0.15, 0.2) is 0 Å². The van der Waals surface area contributed by atoms with Gasteiger partial charge in [-0.3, -0.25) is 4.79 Å². The number of ether oxygens (including phenoxy) is 1. The fraction of sp³-hybridized carbons (Fsp3) is 0.417. The van der Waals surface area contributed by atoms with Crippen molar-refractivity contribution in [3.63, 3.8) is 0 Å². The number of amides is 1. The van der Waals surface area contributed by atoms with Crippen LogP contribution in [-0.2, 0) is 10.9 Å². The van der Waals surface area contributed by atoms with Crippen molar-refractivity contribution in [2.75, 3.05) is 26.4 Å². The van der Waals surface area contributed by atoms with Gasteiger partial charge in [-0.25, -0.2) is 0 Å². The highest BCUT2D eigenvalue weighted by Crippen LogP contribution is 2.28. The van der Waals surface area contributed by atoms with Crippen LogP contribution in [0, 0.1) is 0 Å². The fourth-order valence-corrected chi connectivity index (χ4v) is 1.32. The molecule has 19 heavy (non-hydrogen) atoms. The van der Waals surface area contributed by atoms with Gasteiger partial charge in [-0.2, -0.15) is 13.2 Å². The van der Waals surface area contributed by atoms with E-state index in [1.807, 2.05) is 0 Å². The first-order chi connectivity index (χ1) is 8.95. The number of carbonyl (C=O) groups excluding carboxylic acids is 1. The van der Waals surface area contributed by atoms with Crippen molar-refractivity contribution in [1.29, 1.82) is 0 Å². The molecule has 2 N–H and O–H groups in total. The molecule has 0 atom stereocenters. The first kappa shape index (κ1) is 15.5. The molecule has 0 fully saturated rings. The lowest BCUT2D eigenvalue weighted by Crippen LogP contribution is -2.27.